The molecule has 2 amide bonds. The van der Waals surface area contributed by atoms with E-state index in [1.807, 2.05) is 24.3 Å². The van der Waals surface area contributed by atoms with E-state index in [4.69, 9.17) is 13.9 Å². The zero-order valence-corrected chi connectivity index (χ0v) is 21.4. The number of furan rings is 1. The molecule has 2 aromatic heterocycles. The molecule has 2 heterocycles. The third kappa shape index (κ3) is 5.74. The molecular formula is C27H31N5O5. The molecule has 0 radical (unpaired) electrons. The lowest BCUT2D eigenvalue weighted by molar-refractivity contribution is -0.127. The van der Waals surface area contributed by atoms with Gasteiger partial charge < -0.3 is 19.2 Å². The van der Waals surface area contributed by atoms with Crippen molar-refractivity contribution in [3.8, 4) is 11.5 Å². The van der Waals surface area contributed by atoms with Crippen LogP contribution in [-0.2, 0) is 16.1 Å². The second-order valence-corrected chi connectivity index (χ2v) is 8.93. The van der Waals surface area contributed by atoms with Gasteiger partial charge >= 0.3 is 0 Å². The minimum Gasteiger partial charge on any atom is -0.493 e. The number of anilines is 1. The summed E-state index contributed by atoms with van der Waals surface area (Å²) < 4.78 is 18.0. The van der Waals surface area contributed by atoms with Gasteiger partial charge in [0.05, 0.1) is 26.0 Å². The number of carbonyl (C=O) groups is 2. The molecule has 0 bridgehead atoms. The van der Waals surface area contributed by atoms with Crippen molar-refractivity contribution in [2.45, 2.75) is 32.9 Å². The van der Waals surface area contributed by atoms with E-state index >= 15 is 0 Å². The van der Waals surface area contributed by atoms with Crippen molar-refractivity contribution >= 4 is 28.5 Å². The molecule has 10 heteroatoms. The zero-order chi connectivity index (χ0) is 26.4. The van der Waals surface area contributed by atoms with Gasteiger partial charge in [-0.1, -0.05) is 31.2 Å². The highest BCUT2D eigenvalue weighted by Gasteiger charge is 2.35. The molecule has 0 aliphatic carbocycles. The summed E-state index contributed by atoms with van der Waals surface area (Å²) in [5, 5.41) is 11.3. The van der Waals surface area contributed by atoms with Crippen LogP contribution >= 0.6 is 0 Å². The van der Waals surface area contributed by atoms with Crippen molar-refractivity contribution < 1.29 is 23.5 Å². The van der Waals surface area contributed by atoms with E-state index in [2.05, 4.69) is 29.5 Å². The van der Waals surface area contributed by atoms with E-state index in [1.165, 1.54) is 30.1 Å². The van der Waals surface area contributed by atoms with Crippen molar-refractivity contribution in [3.05, 3.63) is 66.6 Å². The number of aromatic nitrogens is 3. The molecule has 0 saturated carbocycles. The third-order valence-electron chi connectivity index (χ3n) is 5.96. The van der Waals surface area contributed by atoms with Crippen molar-refractivity contribution in [1.82, 2.24) is 20.3 Å². The summed E-state index contributed by atoms with van der Waals surface area (Å²) in [5.74, 6) is 0.907. The Labute approximate surface area is 215 Å². The van der Waals surface area contributed by atoms with Gasteiger partial charge in [0.2, 0.25) is 5.91 Å². The van der Waals surface area contributed by atoms with Crippen LogP contribution in [-0.4, -0.2) is 47.6 Å². The van der Waals surface area contributed by atoms with Gasteiger partial charge in [0.25, 0.3) is 5.91 Å². The Morgan fingerprint density at radius 1 is 1.05 bits per heavy atom. The Balaban J connectivity index is 1.77. The van der Waals surface area contributed by atoms with Gasteiger partial charge in [-0.25, -0.2) is 4.68 Å². The van der Waals surface area contributed by atoms with Gasteiger partial charge in [-0.3, -0.25) is 14.5 Å². The average Bonchev–Trinajstić information content (AvgIpc) is 3.57. The highest BCUT2D eigenvalue weighted by molar-refractivity contribution is 6.01. The smallest absolute Gasteiger partial charge is 0.251 e. The van der Waals surface area contributed by atoms with E-state index in [0.29, 0.717) is 46.4 Å². The summed E-state index contributed by atoms with van der Waals surface area (Å²) in [7, 11) is 3.04. The van der Waals surface area contributed by atoms with Crippen LogP contribution in [0.5, 0.6) is 11.5 Å². The second-order valence-electron chi connectivity index (χ2n) is 8.93. The van der Waals surface area contributed by atoms with Gasteiger partial charge in [-0.2, -0.15) is 0 Å². The zero-order valence-electron chi connectivity index (χ0n) is 21.4. The fourth-order valence-corrected chi connectivity index (χ4v) is 4.05. The summed E-state index contributed by atoms with van der Waals surface area (Å²) >= 11 is 0. The highest BCUT2D eigenvalue weighted by Crippen LogP contribution is 2.36. The number of ether oxygens (including phenoxy) is 2. The molecule has 0 spiro atoms. The molecule has 0 fully saturated rings. The van der Waals surface area contributed by atoms with Crippen LogP contribution in [0.2, 0.25) is 0 Å². The van der Waals surface area contributed by atoms with Crippen LogP contribution in [0.3, 0.4) is 0 Å². The summed E-state index contributed by atoms with van der Waals surface area (Å²) in [5.41, 5.74) is 1.81. The minimum absolute atomic E-state index is 0.147. The maximum atomic E-state index is 14.0. The van der Waals surface area contributed by atoms with Crippen LogP contribution in [0.4, 0.5) is 5.69 Å². The Morgan fingerprint density at radius 2 is 1.84 bits per heavy atom. The lowest BCUT2D eigenvalue weighted by Gasteiger charge is -2.30. The van der Waals surface area contributed by atoms with E-state index in [-0.39, 0.29) is 18.4 Å². The molecule has 1 unspecified atom stereocenters. The maximum absolute atomic E-state index is 14.0. The number of rotatable bonds is 11. The number of amides is 2. The van der Waals surface area contributed by atoms with E-state index in [0.717, 1.165) is 6.42 Å². The van der Waals surface area contributed by atoms with Gasteiger partial charge in [0, 0.05) is 18.3 Å². The molecule has 0 aliphatic heterocycles. The number of nitrogens with zero attached hydrogens (tertiary/aromatic N) is 4. The second kappa shape index (κ2) is 11.6. The van der Waals surface area contributed by atoms with Gasteiger partial charge in [-0.15, -0.1) is 5.10 Å². The van der Waals surface area contributed by atoms with Crippen LogP contribution < -0.4 is 19.7 Å². The fraction of sp³-hybridized carbons (Fsp3) is 0.333. The molecule has 1 N–H and O–H groups in total. The third-order valence-corrected chi connectivity index (χ3v) is 5.96. The number of hydrogen-bond acceptors (Lipinski definition) is 7. The normalized spacial score (nSPS) is 11.9. The van der Waals surface area contributed by atoms with Gasteiger partial charge in [-0.05, 0) is 48.7 Å². The van der Waals surface area contributed by atoms with Crippen LogP contribution in [0.1, 0.15) is 32.1 Å². The standard InChI is InChI=1S/C27H31N5O5/c1-18(2)13-14-28-27(34)26(23-10-7-15-37-23)32(19-11-12-22(35-3)24(16-19)36-4)25(33)17-31-21-9-6-5-8-20(21)29-30-31/h5-12,15-16,18,26H,13-14,17H2,1-4H3,(H,28,34). The number of carbonyl (C=O) groups excluding carboxylic acids is 2. The van der Waals surface area contributed by atoms with Crippen LogP contribution in [0.15, 0.2) is 65.3 Å². The summed E-state index contributed by atoms with van der Waals surface area (Å²) in [6.45, 7) is 4.48. The number of hydrogen-bond donors (Lipinski definition) is 1. The predicted molar refractivity (Wildman–Crippen MR) is 138 cm³/mol. The largest absolute Gasteiger partial charge is 0.493 e. The van der Waals surface area contributed by atoms with E-state index in [9.17, 15) is 9.59 Å². The van der Waals surface area contributed by atoms with Crippen molar-refractivity contribution in [3.63, 3.8) is 0 Å². The van der Waals surface area contributed by atoms with Crippen molar-refractivity contribution in [1.29, 1.82) is 0 Å². The molecule has 2 aromatic carbocycles. The van der Waals surface area contributed by atoms with E-state index in [1.54, 1.807) is 30.3 Å². The number of methoxy groups -OCH3 is 2. The molecule has 0 saturated heterocycles. The monoisotopic (exact) mass is 505 g/mol. The van der Waals surface area contributed by atoms with Crippen molar-refractivity contribution in [2.24, 2.45) is 5.92 Å². The van der Waals surface area contributed by atoms with Gasteiger partial charge in [0.15, 0.2) is 17.5 Å². The SMILES string of the molecule is COc1ccc(N(C(=O)Cn2nnc3ccccc32)C(C(=O)NCCC(C)C)c2ccco2)cc1OC. The van der Waals surface area contributed by atoms with Crippen LogP contribution in [0, 0.1) is 5.92 Å². The minimum atomic E-state index is -1.07. The molecule has 194 valence electrons. The Kier molecular flexibility index (Phi) is 8.07. The number of para-hydroxylation sites is 1. The summed E-state index contributed by atoms with van der Waals surface area (Å²) in [6, 6.07) is 14.7. The number of benzene rings is 2. The first-order chi connectivity index (χ1) is 17.9. The lowest BCUT2D eigenvalue weighted by atomic mass is 10.1. The predicted octanol–water partition coefficient (Wildman–Crippen LogP) is 3.98. The first-order valence-corrected chi connectivity index (χ1v) is 12.1. The van der Waals surface area contributed by atoms with E-state index < -0.39 is 6.04 Å². The first-order valence-electron chi connectivity index (χ1n) is 12.1. The molecule has 4 rings (SSSR count). The molecule has 4 aromatic rings. The summed E-state index contributed by atoms with van der Waals surface area (Å²) in [4.78, 5) is 29.0. The van der Waals surface area contributed by atoms with Crippen LogP contribution in [0.25, 0.3) is 11.0 Å². The Hall–Kier alpha value is -4.34. The maximum Gasteiger partial charge on any atom is 0.251 e. The van der Waals surface area contributed by atoms with Crippen molar-refractivity contribution in [2.75, 3.05) is 25.7 Å². The first kappa shape index (κ1) is 25.7. The molecular weight excluding hydrogens is 474 g/mol. The molecule has 0 aliphatic rings. The molecule has 37 heavy (non-hydrogen) atoms. The Bertz CT molecular complexity index is 1350. The Morgan fingerprint density at radius 3 is 2.54 bits per heavy atom. The average molecular weight is 506 g/mol. The van der Waals surface area contributed by atoms with Gasteiger partial charge in [0.1, 0.15) is 17.8 Å². The summed E-state index contributed by atoms with van der Waals surface area (Å²) in [6.07, 6.45) is 2.28. The molecule has 10 nitrogen and oxygen atoms in total. The number of fused-ring (bicyclic) bond motifs is 1. The topological polar surface area (TPSA) is 112 Å². The highest BCUT2D eigenvalue weighted by atomic mass is 16.5. The lowest BCUT2D eigenvalue weighted by Crippen LogP contribution is -2.45. The molecule has 1 atom stereocenters. The number of nitrogens with one attached hydrogen (secondary N) is 1. The quantitative estimate of drug-likeness (QED) is 0.328. The fourth-order valence-electron chi connectivity index (χ4n) is 4.05.